The third kappa shape index (κ3) is 4.46. The van der Waals surface area contributed by atoms with Crippen molar-refractivity contribution in [2.45, 2.75) is 18.9 Å². The Morgan fingerprint density at radius 3 is 2.81 bits per heavy atom. The van der Waals surface area contributed by atoms with Crippen LogP contribution in [-0.4, -0.2) is 50.1 Å². The van der Waals surface area contributed by atoms with Crippen LogP contribution in [0.15, 0.2) is 24.3 Å². The van der Waals surface area contributed by atoms with Gasteiger partial charge in [0.15, 0.2) is 0 Å². The second kappa shape index (κ2) is 7.08. The smallest absolute Gasteiger partial charge is 0.321 e. The van der Waals surface area contributed by atoms with E-state index in [0.29, 0.717) is 11.3 Å². The highest BCUT2D eigenvalue weighted by Crippen LogP contribution is 2.12. The fourth-order valence-electron chi connectivity index (χ4n) is 2.22. The quantitative estimate of drug-likeness (QED) is 0.784. The van der Waals surface area contributed by atoms with E-state index in [1.807, 2.05) is 0 Å². The van der Waals surface area contributed by atoms with Gasteiger partial charge in [0, 0.05) is 37.9 Å². The van der Waals surface area contributed by atoms with E-state index in [4.69, 9.17) is 0 Å². The van der Waals surface area contributed by atoms with Gasteiger partial charge < -0.3 is 20.9 Å². The predicted octanol–water partition coefficient (Wildman–Crippen LogP) is 1.26. The van der Waals surface area contributed by atoms with Crippen molar-refractivity contribution >= 4 is 17.6 Å². The number of piperidine rings is 1. The van der Waals surface area contributed by atoms with E-state index in [1.54, 1.807) is 38.4 Å². The second-order valence-corrected chi connectivity index (χ2v) is 5.42. The number of anilines is 1. The number of amides is 3. The maximum Gasteiger partial charge on any atom is 0.321 e. The lowest BCUT2D eigenvalue weighted by Crippen LogP contribution is -2.45. The fourth-order valence-corrected chi connectivity index (χ4v) is 2.22. The van der Waals surface area contributed by atoms with E-state index in [-0.39, 0.29) is 18.0 Å². The van der Waals surface area contributed by atoms with Crippen molar-refractivity contribution in [3.63, 3.8) is 0 Å². The molecule has 6 nitrogen and oxygen atoms in total. The van der Waals surface area contributed by atoms with Crippen molar-refractivity contribution in [2.75, 3.05) is 32.5 Å². The van der Waals surface area contributed by atoms with Crippen LogP contribution < -0.4 is 16.0 Å². The molecular weight excluding hydrogens is 268 g/mol. The minimum atomic E-state index is -0.218. The number of nitrogens with one attached hydrogen (secondary N) is 3. The number of hydrogen-bond donors (Lipinski definition) is 3. The molecule has 1 fully saturated rings. The van der Waals surface area contributed by atoms with Crippen molar-refractivity contribution in [1.29, 1.82) is 0 Å². The Labute approximate surface area is 124 Å². The summed E-state index contributed by atoms with van der Waals surface area (Å²) in [4.78, 5) is 25.3. The zero-order chi connectivity index (χ0) is 15.2. The van der Waals surface area contributed by atoms with Crippen molar-refractivity contribution < 1.29 is 9.59 Å². The van der Waals surface area contributed by atoms with Gasteiger partial charge in [0.1, 0.15) is 0 Å². The van der Waals surface area contributed by atoms with Crippen molar-refractivity contribution in [3.05, 3.63) is 29.8 Å². The molecule has 2 rings (SSSR count). The van der Waals surface area contributed by atoms with E-state index in [0.717, 1.165) is 25.9 Å². The average molecular weight is 290 g/mol. The summed E-state index contributed by atoms with van der Waals surface area (Å²) < 4.78 is 0. The molecular formula is C15H22N4O2. The summed E-state index contributed by atoms with van der Waals surface area (Å²) in [5, 5.41) is 9.01. The molecule has 21 heavy (non-hydrogen) atoms. The first-order valence-corrected chi connectivity index (χ1v) is 7.16. The molecule has 1 aromatic carbocycles. The number of nitrogens with zero attached hydrogens (tertiary/aromatic N) is 1. The van der Waals surface area contributed by atoms with Gasteiger partial charge >= 0.3 is 6.03 Å². The molecule has 1 aliphatic heterocycles. The number of carbonyl (C=O) groups excluding carboxylic acids is 2. The first-order chi connectivity index (χ1) is 10.1. The molecule has 1 heterocycles. The largest absolute Gasteiger partial charge is 0.348 e. The summed E-state index contributed by atoms with van der Waals surface area (Å²) in [5.41, 5.74) is 1.17. The number of benzene rings is 1. The second-order valence-electron chi connectivity index (χ2n) is 5.42. The van der Waals surface area contributed by atoms with E-state index in [9.17, 15) is 9.59 Å². The summed E-state index contributed by atoms with van der Waals surface area (Å²) in [6.07, 6.45) is 2.07. The van der Waals surface area contributed by atoms with Gasteiger partial charge in [-0.1, -0.05) is 6.07 Å². The molecule has 0 bridgehead atoms. The molecule has 0 aliphatic carbocycles. The zero-order valence-corrected chi connectivity index (χ0v) is 12.5. The fraction of sp³-hybridized carbons (Fsp3) is 0.467. The first-order valence-electron chi connectivity index (χ1n) is 7.16. The zero-order valence-electron chi connectivity index (χ0n) is 12.5. The number of carbonyl (C=O) groups is 2. The molecule has 0 saturated carbocycles. The van der Waals surface area contributed by atoms with Crippen LogP contribution in [0.4, 0.5) is 10.5 Å². The lowest BCUT2D eigenvalue weighted by atomic mass is 10.1. The maximum absolute atomic E-state index is 12.2. The van der Waals surface area contributed by atoms with E-state index >= 15 is 0 Å². The lowest BCUT2D eigenvalue weighted by Gasteiger charge is -2.23. The SMILES string of the molecule is CN(C)C(=O)Nc1cccc(C(=O)N[C@H]2CCCNC2)c1. The summed E-state index contributed by atoms with van der Waals surface area (Å²) in [6, 6.07) is 6.92. The van der Waals surface area contributed by atoms with Crippen LogP contribution in [0.5, 0.6) is 0 Å². The first kappa shape index (κ1) is 15.3. The molecule has 6 heteroatoms. The lowest BCUT2D eigenvalue weighted by molar-refractivity contribution is 0.0930. The van der Waals surface area contributed by atoms with Gasteiger partial charge in [-0.2, -0.15) is 0 Å². The minimum Gasteiger partial charge on any atom is -0.348 e. The third-order valence-electron chi connectivity index (χ3n) is 3.41. The molecule has 1 aromatic rings. The molecule has 1 atom stereocenters. The molecule has 1 aliphatic rings. The van der Waals surface area contributed by atoms with Gasteiger partial charge in [0.05, 0.1) is 0 Å². The van der Waals surface area contributed by atoms with Crippen LogP contribution in [0.2, 0.25) is 0 Å². The van der Waals surface area contributed by atoms with Gasteiger partial charge in [-0.3, -0.25) is 4.79 Å². The average Bonchev–Trinajstić information content (AvgIpc) is 2.48. The number of rotatable bonds is 3. The van der Waals surface area contributed by atoms with Crippen molar-refractivity contribution in [1.82, 2.24) is 15.5 Å². The summed E-state index contributed by atoms with van der Waals surface area (Å²) in [7, 11) is 3.34. The summed E-state index contributed by atoms with van der Waals surface area (Å²) >= 11 is 0. The van der Waals surface area contributed by atoms with Gasteiger partial charge in [-0.15, -0.1) is 0 Å². The van der Waals surface area contributed by atoms with E-state index in [2.05, 4.69) is 16.0 Å². The number of urea groups is 1. The molecule has 114 valence electrons. The Hall–Kier alpha value is -2.08. The van der Waals surface area contributed by atoms with Crippen LogP contribution in [0.3, 0.4) is 0 Å². The maximum atomic E-state index is 12.2. The highest BCUT2D eigenvalue weighted by Gasteiger charge is 2.16. The van der Waals surface area contributed by atoms with Gasteiger partial charge in [0.25, 0.3) is 5.91 Å². The molecule has 0 aromatic heterocycles. The van der Waals surface area contributed by atoms with Crippen LogP contribution in [0, 0.1) is 0 Å². The topological polar surface area (TPSA) is 73.5 Å². The molecule has 0 unspecified atom stereocenters. The molecule has 3 N–H and O–H groups in total. The van der Waals surface area contributed by atoms with E-state index in [1.165, 1.54) is 4.90 Å². The van der Waals surface area contributed by atoms with Crippen molar-refractivity contribution in [3.8, 4) is 0 Å². The van der Waals surface area contributed by atoms with Gasteiger partial charge in [-0.25, -0.2) is 4.79 Å². The van der Waals surface area contributed by atoms with E-state index < -0.39 is 0 Å². The molecule has 1 saturated heterocycles. The molecule has 0 radical (unpaired) electrons. The Kier molecular flexibility index (Phi) is 5.16. The minimum absolute atomic E-state index is 0.107. The van der Waals surface area contributed by atoms with Crippen LogP contribution in [0.1, 0.15) is 23.2 Å². The van der Waals surface area contributed by atoms with Crippen molar-refractivity contribution in [2.24, 2.45) is 0 Å². The Morgan fingerprint density at radius 1 is 1.33 bits per heavy atom. The third-order valence-corrected chi connectivity index (χ3v) is 3.41. The Balaban J connectivity index is 1.99. The highest BCUT2D eigenvalue weighted by molar-refractivity contribution is 5.97. The summed E-state index contributed by atoms with van der Waals surface area (Å²) in [6.45, 7) is 1.82. The highest BCUT2D eigenvalue weighted by atomic mass is 16.2. The number of hydrogen-bond acceptors (Lipinski definition) is 3. The van der Waals surface area contributed by atoms with Crippen LogP contribution in [-0.2, 0) is 0 Å². The predicted molar refractivity (Wildman–Crippen MR) is 82.5 cm³/mol. The van der Waals surface area contributed by atoms with Gasteiger partial charge in [-0.05, 0) is 37.6 Å². The van der Waals surface area contributed by atoms with Gasteiger partial charge in [0.2, 0.25) is 0 Å². The van der Waals surface area contributed by atoms with Crippen LogP contribution in [0.25, 0.3) is 0 Å². The molecule has 0 spiro atoms. The molecule has 3 amide bonds. The standard InChI is InChI=1S/C15H22N4O2/c1-19(2)15(21)18-12-6-3-5-11(9-12)14(20)17-13-7-4-8-16-10-13/h3,5-6,9,13,16H,4,7-8,10H2,1-2H3,(H,17,20)(H,18,21)/t13-/m0/s1. The normalized spacial score (nSPS) is 17.9. The Morgan fingerprint density at radius 2 is 2.14 bits per heavy atom. The monoisotopic (exact) mass is 290 g/mol. The Bertz CT molecular complexity index is 510. The summed E-state index contributed by atoms with van der Waals surface area (Å²) in [5.74, 6) is -0.107. The van der Waals surface area contributed by atoms with Crippen LogP contribution >= 0.6 is 0 Å².